The molecule has 18 heavy (non-hydrogen) atoms. The van der Waals surface area contributed by atoms with E-state index in [1.54, 1.807) is 4.68 Å². The van der Waals surface area contributed by atoms with Crippen LogP contribution in [0.25, 0.3) is 0 Å². The van der Waals surface area contributed by atoms with Gasteiger partial charge >= 0.3 is 0 Å². The second-order valence-corrected chi connectivity index (χ2v) is 4.68. The van der Waals surface area contributed by atoms with Crippen LogP contribution in [-0.4, -0.2) is 26.2 Å². The standard InChI is InChI=1S/C12H14N4O2/c1-7-10(6-17)8(2)16(14-7)5-11-13-12(18-15-11)9-3-4-9/h6,9H,3-5H2,1-2H3. The van der Waals surface area contributed by atoms with E-state index in [4.69, 9.17) is 4.52 Å². The molecule has 1 aliphatic carbocycles. The molecule has 2 aromatic heterocycles. The van der Waals surface area contributed by atoms with Crippen LogP contribution in [0.1, 0.15) is 52.2 Å². The van der Waals surface area contributed by atoms with E-state index < -0.39 is 0 Å². The summed E-state index contributed by atoms with van der Waals surface area (Å²) in [7, 11) is 0. The van der Waals surface area contributed by atoms with Gasteiger partial charge in [-0.3, -0.25) is 9.48 Å². The molecule has 0 aromatic carbocycles. The largest absolute Gasteiger partial charge is 0.339 e. The summed E-state index contributed by atoms with van der Waals surface area (Å²) in [6, 6.07) is 0. The van der Waals surface area contributed by atoms with Gasteiger partial charge in [-0.25, -0.2) is 0 Å². The van der Waals surface area contributed by atoms with Gasteiger partial charge in [-0.2, -0.15) is 10.1 Å². The van der Waals surface area contributed by atoms with Crippen molar-refractivity contribution in [3.8, 4) is 0 Å². The number of hydrogen-bond donors (Lipinski definition) is 0. The fourth-order valence-electron chi connectivity index (χ4n) is 2.00. The molecule has 0 saturated heterocycles. The summed E-state index contributed by atoms with van der Waals surface area (Å²) in [5.74, 6) is 1.79. The van der Waals surface area contributed by atoms with Gasteiger partial charge in [-0.15, -0.1) is 0 Å². The van der Waals surface area contributed by atoms with Crippen LogP contribution < -0.4 is 0 Å². The average Bonchev–Trinajstić information content (AvgIpc) is 3.03. The third-order valence-electron chi connectivity index (χ3n) is 3.26. The highest BCUT2D eigenvalue weighted by molar-refractivity contribution is 5.78. The number of aryl methyl sites for hydroxylation is 1. The van der Waals surface area contributed by atoms with Crippen molar-refractivity contribution >= 4 is 6.29 Å². The van der Waals surface area contributed by atoms with Crippen LogP contribution in [0.5, 0.6) is 0 Å². The molecule has 1 fully saturated rings. The van der Waals surface area contributed by atoms with Crippen molar-refractivity contribution in [3.05, 3.63) is 28.7 Å². The van der Waals surface area contributed by atoms with E-state index >= 15 is 0 Å². The summed E-state index contributed by atoms with van der Waals surface area (Å²) in [5, 5.41) is 8.25. The maximum Gasteiger partial charge on any atom is 0.229 e. The third-order valence-corrected chi connectivity index (χ3v) is 3.26. The van der Waals surface area contributed by atoms with Crippen molar-refractivity contribution in [2.45, 2.75) is 39.2 Å². The highest BCUT2D eigenvalue weighted by Gasteiger charge is 2.29. The Balaban J connectivity index is 1.84. The van der Waals surface area contributed by atoms with Gasteiger partial charge in [0.05, 0.1) is 11.3 Å². The number of rotatable bonds is 4. The molecule has 0 aliphatic heterocycles. The molecule has 3 rings (SSSR count). The van der Waals surface area contributed by atoms with Gasteiger partial charge in [-0.05, 0) is 26.7 Å². The molecule has 2 heterocycles. The molecule has 1 saturated carbocycles. The van der Waals surface area contributed by atoms with Gasteiger partial charge in [-0.1, -0.05) is 5.16 Å². The van der Waals surface area contributed by atoms with Crippen LogP contribution >= 0.6 is 0 Å². The van der Waals surface area contributed by atoms with Gasteiger partial charge in [0.2, 0.25) is 5.89 Å². The van der Waals surface area contributed by atoms with Crippen molar-refractivity contribution < 1.29 is 9.32 Å². The van der Waals surface area contributed by atoms with Gasteiger partial charge in [0.1, 0.15) is 6.54 Å². The Bertz CT molecular complexity index is 595. The molecule has 1 aliphatic rings. The number of carbonyl (C=O) groups is 1. The molecule has 2 aromatic rings. The van der Waals surface area contributed by atoms with E-state index in [1.165, 1.54) is 0 Å². The summed E-state index contributed by atoms with van der Waals surface area (Å²) in [6.45, 7) is 4.13. The summed E-state index contributed by atoms with van der Waals surface area (Å²) in [4.78, 5) is 15.3. The van der Waals surface area contributed by atoms with Crippen molar-refractivity contribution in [3.63, 3.8) is 0 Å². The predicted molar refractivity (Wildman–Crippen MR) is 62.5 cm³/mol. The first-order valence-corrected chi connectivity index (χ1v) is 6.00. The third kappa shape index (κ3) is 1.83. The zero-order valence-corrected chi connectivity index (χ0v) is 10.4. The number of aromatic nitrogens is 4. The average molecular weight is 246 g/mol. The monoisotopic (exact) mass is 246 g/mol. The molecule has 0 amide bonds. The predicted octanol–water partition coefficient (Wildman–Crippen LogP) is 1.62. The molecule has 0 atom stereocenters. The lowest BCUT2D eigenvalue weighted by Crippen LogP contribution is -2.06. The maximum absolute atomic E-state index is 10.9. The van der Waals surface area contributed by atoms with Crippen molar-refractivity contribution in [2.75, 3.05) is 0 Å². The number of hydrogen-bond acceptors (Lipinski definition) is 5. The highest BCUT2D eigenvalue weighted by Crippen LogP contribution is 2.38. The minimum Gasteiger partial charge on any atom is -0.339 e. The van der Waals surface area contributed by atoms with Crippen LogP contribution in [0.4, 0.5) is 0 Å². The molecular weight excluding hydrogens is 232 g/mol. The first kappa shape index (κ1) is 11.1. The second kappa shape index (κ2) is 4.04. The molecule has 6 nitrogen and oxygen atoms in total. The molecule has 94 valence electrons. The molecule has 0 radical (unpaired) electrons. The van der Waals surface area contributed by atoms with Crippen LogP contribution in [0.3, 0.4) is 0 Å². The summed E-state index contributed by atoms with van der Waals surface area (Å²) < 4.78 is 6.93. The Labute approximate surface area is 104 Å². The molecule has 0 unspecified atom stereocenters. The van der Waals surface area contributed by atoms with Crippen LogP contribution in [0.15, 0.2) is 4.52 Å². The first-order valence-electron chi connectivity index (χ1n) is 6.00. The molecule has 0 spiro atoms. The number of nitrogens with zero attached hydrogens (tertiary/aromatic N) is 4. The number of carbonyl (C=O) groups excluding carboxylic acids is 1. The molecule has 0 N–H and O–H groups in total. The van der Waals surface area contributed by atoms with E-state index in [0.717, 1.165) is 36.4 Å². The minimum atomic E-state index is 0.441. The maximum atomic E-state index is 10.9. The Morgan fingerprint density at radius 2 is 2.22 bits per heavy atom. The van der Waals surface area contributed by atoms with Crippen LogP contribution in [-0.2, 0) is 6.54 Å². The molecule has 6 heteroatoms. The quantitative estimate of drug-likeness (QED) is 0.766. The summed E-state index contributed by atoms with van der Waals surface area (Å²) >= 11 is 0. The van der Waals surface area contributed by atoms with Gasteiger partial charge in [0.15, 0.2) is 12.1 Å². The van der Waals surface area contributed by atoms with Crippen molar-refractivity contribution in [1.29, 1.82) is 0 Å². The lowest BCUT2D eigenvalue weighted by molar-refractivity contribution is 0.112. The van der Waals surface area contributed by atoms with Gasteiger partial charge in [0.25, 0.3) is 0 Å². The fourth-order valence-corrected chi connectivity index (χ4v) is 2.00. The van der Waals surface area contributed by atoms with Crippen LogP contribution in [0.2, 0.25) is 0 Å². The van der Waals surface area contributed by atoms with E-state index in [2.05, 4.69) is 15.2 Å². The Hall–Kier alpha value is -1.98. The second-order valence-electron chi connectivity index (χ2n) is 4.68. The van der Waals surface area contributed by atoms with E-state index in [-0.39, 0.29) is 0 Å². The number of aldehydes is 1. The Kier molecular flexibility index (Phi) is 2.50. The summed E-state index contributed by atoms with van der Waals surface area (Å²) in [6.07, 6.45) is 3.10. The minimum absolute atomic E-state index is 0.441. The van der Waals surface area contributed by atoms with Crippen LogP contribution in [0, 0.1) is 13.8 Å². The summed E-state index contributed by atoms with van der Waals surface area (Å²) in [5.41, 5.74) is 2.20. The smallest absolute Gasteiger partial charge is 0.229 e. The Morgan fingerprint density at radius 1 is 1.44 bits per heavy atom. The van der Waals surface area contributed by atoms with E-state index in [0.29, 0.717) is 23.9 Å². The van der Waals surface area contributed by atoms with Gasteiger partial charge in [0, 0.05) is 11.6 Å². The highest BCUT2D eigenvalue weighted by atomic mass is 16.5. The normalized spacial score (nSPS) is 15.0. The first-order chi connectivity index (χ1) is 8.69. The SMILES string of the molecule is Cc1nn(Cc2noc(C3CC3)n2)c(C)c1C=O. The Morgan fingerprint density at radius 3 is 2.83 bits per heavy atom. The fraction of sp³-hybridized carbons (Fsp3) is 0.500. The van der Waals surface area contributed by atoms with E-state index in [9.17, 15) is 4.79 Å². The van der Waals surface area contributed by atoms with Gasteiger partial charge < -0.3 is 4.52 Å². The lowest BCUT2D eigenvalue weighted by Gasteiger charge is -1.99. The van der Waals surface area contributed by atoms with E-state index in [1.807, 2.05) is 13.8 Å². The zero-order chi connectivity index (χ0) is 12.7. The van der Waals surface area contributed by atoms with Crippen molar-refractivity contribution in [1.82, 2.24) is 19.9 Å². The topological polar surface area (TPSA) is 73.8 Å². The zero-order valence-electron chi connectivity index (χ0n) is 10.4. The van der Waals surface area contributed by atoms with Crippen molar-refractivity contribution in [2.24, 2.45) is 0 Å². The lowest BCUT2D eigenvalue weighted by atomic mass is 10.2. The molecular formula is C12H14N4O2. The molecule has 0 bridgehead atoms.